The van der Waals surface area contributed by atoms with Crippen LogP contribution in [0.1, 0.15) is 10.5 Å². The summed E-state index contributed by atoms with van der Waals surface area (Å²) in [6.45, 7) is 0. The maximum Gasteiger partial charge on any atom is 0.170 e. The van der Waals surface area contributed by atoms with Crippen molar-refractivity contribution in [2.24, 2.45) is 0 Å². The number of carbonyl (C=O) groups excluding carboxylic acids is 1. The van der Waals surface area contributed by atoms with Crippen LogP contribution in [0.5, 0.6) is 0 Å². The summed E-state index contributed by atoms with van der Waals surface area (Å²) in [4.78, 5) is 19.4. The highest BCUT2D eigenvalue weighted by atomic mass is 35.5. The zero-order valence-corrected chi connectivity index (χ0v) is 12.1. The highest BCUT2D eigenvalue weighted by Gasteiger charge is 2.18. The van der Waals surface area contributed by atoms with E-state index in [0.29, 0.717) is 33.2 Å². The molecule has 0 aliphatic carbocycles. The van der Waals surface area contributed by atoms with Crippen LogP contribution >= 0.6 is 34.8 Å². The molecule has 0 spiro atoms. The van der Waals surface area contributed by atoms with E-state index < -0.39 is 0 Å². The molecule has 0 saturated carbocycles. The van der Waals surface area contributed by atoms with Crippen LogP contribution in [0.3, 0.4) is 0 Å². The fourth-order valence-corrected chi connectivity index (χ4v) is 2.60. The van der Waals surface area contributed by atoms with Crippen molar-refractivity contribution in [3.63, 3.8) is 0 Å². The molecule has 3 rings (SSSR count). The van der Waals surface area contributed by atoms with Gasteiger partial charge in [-0.25, -0.2) is 9.97 Å². The van der Waals surface area contributed by atoms with E-state index >= 15 is 0 Å². The first kappa shape index (κ1) is 13.4. The van der Waals surface area contributed by atoms with Gasteiger partial charge >= 0.3 is 0 Å². The number of hydrogen-bond acceptors (Lipinski definition) is 3. The van der Waals surface area contributed by atoms with E-state index in [9.17, 15) is 4.79 Å². The number of fused-ring (bicyclic) bond motifs is 1. The van der Waals surface area contributed by atoms with E-state index in [4.69, 9.17) is 34.8 Å². The van der Waals surface area contributed by atoms with Crippen LogP contribution in [0.2, 0.25) is 15.2 Å². The third kappa shape index (κ3) is 1.97. The Labute approximate surface area is 128 Å². The van der Waals surface area contributed by atoms with E-state index in [2.05, 4.69) is 9.97 Å². The smallest absolute Gasteiger partial charge is 0.170 e. The second kappa shape index (κ2) is 5.05. The Balaban J connectivity index is 2.41. The largest absolute Gasteiger partial charge is 0.296 e. The lowest BCUT2D eigenvalue weighted by atomic mass is 10.2. The van der Waals surface area contributed by atoms with Crippen molar-refractivity contribution >= 4 is 46.6 Å². The summed E-state index contributed by atoms with van der Waals surface area (Å²) in [5.74, 6) is 0.485. The standard InChI is InChI=1S/C13H6Cl3N3O/c14-8-3-1-2-7(10(8)15)13-18-9(6-20)11-12(16)17-4-5-19(11)13/h1-6H. The van der Waals surface area contributed by atoms with E-state index in [1.165, 1.54) is 6.20 Å². The summed E-state index contributed by atoms with van der Waals surface area (Å²) in [5, 5.41) is 0.978. The summed E-state index contributed by atoms with van der Waals surface area (Å²) >= 11 is 18.2. The first-order valence-corrected chi connectivity index (χ1v) is 6.69. The third-order valence-corrected chi connectivity index (χ3v) is 3.94. The Bertz CT molecular complexity index is 829. The summed E-state index contributed by atoms with van der Waals surface area (Å²) in [6, 6.07) is 5.21. The van der Waals surface area contributed by atoms with Crippen molar-refractivity contribution < 1.29 is 4.79 Å². The molecule has 0 aliphatic rings. The number of hydrogen-bond donors (Lipinski definition) is 0. The first-order valence-electron chi connectivity index (χ1n) is 5.55. The van der Waals surface area contributed by atoms with Crippen LogP contribution in [-0.4, -0.2) is 20.7 Å². The number of nitrogens with zero attached hydrogens (tertiary/aromatic N) is 3. The van der Waals surface area contributed by atoms with Crippen LogP contribution in [0.15, 0.2) is 30.6 Å². The number of benzene rings is 1. The van der Waals surface area contributed by atoms with Crippen LogP contribution in [-0.2, 0) is 0 Å². The second-order valence-corrected chi connectivity index (χ2v) is 5.12. The van der Waals surface area contributed by atoms with Gasteiger partial charge in [0.25, 0.3) is 0 Å². The van der Waals surface area contributed by atoms with Gasteiger partial charge in [-0.2, -0.15) is 0 Å². The van der Waals surface area contributed by atoms with E-state index in [1.807, 2.05) is 0 Å². The molecule has 0 bridgehead atoms. The average Bonchev–Trinajstić information content (AvgIpc) is 2.82. The summed E-state index contributed by atoms with van der Waals surface area (Å²) in [5.41, 5.74) is 1.26. The van der Waals surface area contributed by atoms with Crippen molar-refractivity contribution in [2.45, 2.75) is 0 Å². The summed E-state index contributed by atoms with van der Waals surface area (Å²) < 4.78 is 1.66. The Morgan fingerprint density at radius 1 is 1.20 bits per heavy atom. The molecule has 0 aliphatic heterocycles. The Morgan fingerprint density at radius 3 is 2.75 bits per heavy atom. The monoisotopic (exact) mass is 325 g/mol. The van der Waals surface area contributed by atoms with E-state index in [1.54, 1.807) is 28.8 Å². The molecule has 7 heteroatoms. The predicted octanol–water partition coefficient (Wildman–Crippen LogP) is 4.17. The molecule has 2 heterocycles. The topological polar surface area (TPSA) is 47.3 Å². The molecule has 0 amide bonds. The molecule has 4 nitrogen and oxygen atoms in total. The molecule has 2 aromatic heterocycles. The predicted molar refractivity (Wildman–Crippen MR) is 78.8 cm³/mol. The van der Waals surface area contributed by atoms with Gasteiger partial charge in [0.1, 0.15) is 17.0 Å². The average molecular weight is 327 g/mol. The van der Waals surface area contributed by atoms with Gasteiger partial charge < -0.3 is 0 Å². The van der Waals surface area contributed by atoms with Crippen molar-refractivity contribution in [1.82, 2.24) is 14.4 Å². The normalized spacial score (nSPS) is 10.9. The lowest BCUT2D eigenvalue weighted by Crippen LogP contribution is -1.92. The maximum atomic E-state index is 11.1. The number of rotatable bonds is 2. The number of aromatic nitrogens is 3. The van der Waals surface area contributed by atoms with Crippen molar-refractivity contribution in [1.29, 1.82) is 0 Å². The van der Waals surface area contributed by atoms with E-state index in [-0.39, 0.29) is 10.8 Å². The number of halogens is 3. The third-order valence-electron chi connectivity index (χ3n) is 2.84. The summed E-state index contributed by atoms with van der Waals surface area (Å²) in [6.07, 6.45) is 3.81. The molecule has 0 saturated heterocycles. The fourth-order valence-electron chi connectivity index (χ4n) is 1.98. The minimum absolute atomic E-state index is 0.200. The first-order chi connectivity index (χ1) is 9.63. The van der Waals surface area contributed by atoms with Gasteiger partial charge in [-0.3, -0.25) is 9.20 Å². The molecule has 3 aromatic rings. The molecule has 1 aromatic carbocycles. The Kier molecular flexibility index (Phi) is 3.38. The lowest BCUT2D eigenvalue weighted by Gasteiger charge is -2.05. The Morgan fingerprint density at radius 2 is 2.00 bits per heavy atom. The second-order valence-electron chi connectivity index (χ2n) is 3.98. The van der Waals surface area contributed by atoms with Gasteiger partial charge in [0.2, 0.25) is 0 Å². The zero-order chi connectivity index (χ0) is 14.3. The minimum atomic E-state index is 0.200. The van der Waals surface area contributed by atoms with Gasteiger partial charge in [-0.15, -0.1) is 0 Å². The fraction of sp³-hybridized carbons (Fsp3) is 0. The molecule has 20 heavy (non-hydrogen) atoms. The van der Waals surface area contributed by atoms with Gasteiger partial charge in [0.15, 0.2) is 11.4 Å². The van der Waals surface area contributed by atoms with Gasteiger partial charge in [-0.1, -0.05) is 40.9 Å². The molecule has 0 N–H and O–H groups in total. The van der Waals surface area contributed by atoms with Crippen molar-refractivity contribution in [2.75, 3.05) is 0 Å². The zero-order valence-electron chi connectivity index (χ0n) is 9.85. The molecular weight excluding hydrogens is 321 g/mol. The van der Waals surface area contributed by atoms with Crippen molar-refractivity contribution in [3.05, 3.63) is 51.5 Å². The van der Waals surface area contributed by atoms with E-state index in [0.717, 1.165) is 0 Å². The molecule has 0 atom stereocenters. The van der Waals surface area contributed by atoms with Crippen LogP contribution in [0, 0.1) is 0 Å². The number of carbonyl (C=O) groups is 1. The van der Waals surface area contributed by atoms with Gasteiger partial charge in [0.05, 0.1) is 10.0 Å². The van der Waals surface area contributed by atoms with Crippen LogP contribution in [0.4, 0.5) is 0 Å². The van der Waals surface area contributed by atoms with Gasteiger partial charge in [0, 0.05) is 18.0 Å². The number of aldehydes is 1. The molecule has 0 fully saturated rings. The molecule has 0 unspecified atom stereocenters. The minimum Gasteiger partial charge on any atom is -0.296 e. The van der Waals surface area contributed by atoms with Gasteiger partial charge in [-0.05, 0) is 12.1 Å². The quantitative estimate of drug-likeness (QED) is 0.664. The molecular formula is C13H6Cl3N3O. The number of imidazole rings is 1. The van der Waals surface area contributed by atoms with Crippen LogP contribution < -0.4 is 0 Å². The highest BCUT2D eigenvalue weighted by Crippen LogP contribution is 2.34. The molecule has 0 radical (unpaired) electrons. The molecule has 100 valence electrons. The highest BCUT2D eigenvalue weighted by molar-refractivity contribution is 6.43. The van der Waals surface area contributed by atoms with Crippen LogP contribution in [0.25, 0.3) is 16.9 Å². The Hall–Kier alpha value is -1.62. The SMILES string of the molecule is O=Cc1nc(-c2cccc(Cl)c2Cl)n2ccnc(Cl)c12. The summed E-state index contributed by atoms with van der Waals surface area (Å²) in [7, 11) is 0. The lowest BCUT2D eigenvalue weighted by molar-refractivity contribution is 0.112. The maximum absolute atomic E-state index is 11.1. The van der Waals surface area contributed by atoms with Crippen molar-refractivity contribution in [3.8, 4) is 11.4 Å².